The summed E-state index contributed by atoms with van der Waals surface area (Å²) in [6.45, 7) is 11.2. The molecule has 0 radical (unpaired) electrons. The highest BCUT2D eigenvalue weighted by atomic mass is 16.5. The van der Waals surface area contributed by atoms with Gasteiger partial charge < -0.3 is 20.3 Å². The molecule has 0 heterocycles. The second-order valence-electron chi connectivity index (χ2n) is 6.88. The third-order valence-corrected chi connectivity index (χ3v) is 4.91. The summed E-state index contributed by atoms with van der Waals surface area (Å²) in [5.41, 5.74) is 5.37. The average Bonchev–Trinajstić information content (AvgIpc) is 2.42. The molecule has 1 amide bonds. The first-order chi connectivity index (χ1) is 9.70. The molecule has 124 valence electrons. The standard InChI is InChI=1S/C16H33N3O2/c1-7-19(11-9-10-18(5)6)14(20)16(17)12-13(21-8-2)15(16,3)4/h13H,7-12,17H2,1-6H3. The molecule has 2 N–H and O–H groups in total. The maximum Gasteiger partial charge on any atom is 0.243 e. The molecule has 0 aromatic heterocycles. The van der Waals surface area contributed by atoms with E-state index < -0.39 is 5.54 Å². The number of hydrogen-bond acceptors (Lipinski definition) is 4. The van der Waals surface area contributed by atoms with E-state index in [4.69, 9.17) is 10.5 Å². The number of nitrogens with two attached hydrogens (primary N) is 1. The van der Waals surface area contributed by atoms with Crippen molar-refractivity contribution in [2.75, 3.05) is 40.3 Å². The molecular weight excluding hydrogens is 266 g/mol. The van der Waals surface area contributed by atoms with Crippen LogP contribution >= 0.6 is 0 Å². The van der Waals surface area contributed by atoms with Gasteiger partial charge in [0.2, 0.25) is 5.91 Å². The van der Waals surface area contributed by atoms with Crippen molar-refractivity contribution < 1.29 is 9.53 Å². The number of rotatable bonds is 8. The van der Waals surface area contributed by atoms with Gasteiger partial charge in [-0.3, -0.25) is 4.79 Å². The van der Waals surface area contributed by atoms with Crippen LogP contribution in [0.1, 0.15) is 40.5 Å². The predicted octanol–water partition coefficient (Wildman–Crippen LogP) is 1.32. The van der Waals surface area contributed by atoms with Crippen LogP contribution in [0.5, 0.6) is 0 Å². The van der Waals surface area contributed by atoms with Gasteiger partial charge in [-0.2, -0.15) is 0 Å². The summed E-state index contributed by atoms with van der Waals surface area (Å²) in [4.78, 5) is 16.9. The maximum absolute atomic E-state index is 12.9. The first-order valence-electron chi connectivity index (χ1n) is 8.05. The molecule has 5 nitrogen and oxygen atoms in total. The third-order valence-electron chi connectivity index (χ3n) is 4.91. The minimum absolute atomic E-state index is 0.0738. The van der Waals surface area contributed by atoms with Crippen molar-refractivity contribution in [3.05, 3.63) is 0 Å². The van der Waals surface area contributed by atoms with Crippen molar-refractivity contribution in [3.8, 4) is 0 Å². The highest BCUT2D eigenvalue weighted by Crippen LogP contribution is 2.50. The Balaban J connectivity index is 2.67. The number of hydrogen-bond donors (Lipinski definition) is 1. The Kier molecular flexibility index (Phi) is 6.20. The number of nitrogens with zero attached hydrogens (tertiary/aromatic N) is 2. The Morgan fingerprint density at radius 1 is 1.29 bits per heavy atom. The zero-order valence-electron chi connectivity index (χ0n) is 14.6. The topological polar surface area (TPSA) is 58.8 Å². The lowest BCUT2D eigenvalue weighted by Gasteiger charge is -2.58. The van der Waals surface area contributed by atoms with Gasteiger partial charge in [-0.15, -0.1) is 0 Å². The van der Waals surface area contributed by atoms with Crippen LogP contribution in [0, 0.1) is 5.41 Å². The largest absolute Gasteiger partial charge is 0.378 e. The predicted molar refractivity (Wildman–Crippen MR) is 86.2 cm³/mol. The highest BCUT2D eigenvalue weighted by Gasteiger charge is 2.63. The van der Waals surface area contributed by atoms with Crippen LogP contribution in [-0.2, 0) is 9.53 Å². The first kappa shape index (κ1) is 18.4. The van der Waals surface area contributed by atoms with Crippen LogP contribution < -0.4 is 5.73 Å². The average molecular weight is 299 g/mol. The van der Waals surface area contributed by atoms with Crippen molar-refractivity contribution in [2.24, 2.45) is 11.1 Å². The summed E-state index contributed by atoms with van der Waals surface area (Å²) in [6, 6.07) is 0. The van der Waals surface area contributed by atoms with Crippen molar-refractivity contribution in [1.82, 2.24) is 9.80 Å². The molecule has 0 bridgehead atoms. The Bertz CT molecular complexity index is 357. The lowest BCUT2D eigenvalue weighted by Crippen LogP contribution is -2.76. The molecule has 2 unspecified atom stereocenters. The van der Waals surface area contributed by atoms with Crippen molar-refractivity contribution >= 4 is 5.91 Å². The van der Waals surface area contributed by atoms with E-state index in [-0.39, 0.29) is 17.4 Å². The minimum atomic E-state index is -0.791. The van der Waals surface area contributed by atoms with Crippen LogP contribution in [0.4, 0.5) is 0 Å². The molecule has 5 heteroatoms. The molecule has 0 aliphatic heterocycles. The summed E-state index contributed by atoms with van der Waals surface area (Å²) in [5.74, 6) is 0.0738. The van der Waals surface area contributed by atoms with Crippen LogP contribution in [0.25, 0.3) is 0 Å². The summed E-state index contributed by atoms with van der Waals surface area (Å²) in [5, 5.41) is 0. The first-order valence-corrected chi connectivity index (χ1v) is 8.05. The van der Waals surface area contributed by atoms with Crippen LogP contribution in [0.15, 0.2) is 0 Å². The number of carbonyl (C=O) groups excluding carboxylic acids is 1. The second-order valence-corrected chi connectivity index (χ2v) is 6.88. The van der Waals surface area contributed by atoms with Gasteiger partial charge in [0.05, 0.1) is 6.10 Å². The monoisotopic (exact) mass is 299 g/mol. The molecule has 1 rings (SSSR count). The zero-order valence-corrected chi connectivity index (χ0v) is 14.6. The van der Waals surface area contributed by atoms with Gasteiger partial charge in [0, 0.05) is 31.5 Å². The lowest BCUT2D eigenvalue weighted by atomic mass is 9.54. The highest BCUT2D eigenvalue weighted by molar-refractivity contribution is 5.88. The van der Waals surface area contributed by atoms with Crippen LogP contribution in [0.3, 0.4) is 0 Å². The van der Waals surface area contributed by atoms with Gasteiger partial charge in [-0.05, 0) is 40.9 Å². The quantitative estimate of drug-likeness (QED) is 0.734. The summed E-state index contributed by atoms with van der Waals surface area (Å²) in [7, 11) is 4.09. The fraction of sp³-hybridized carbons (Fsp3) is 0.938. The fourth-order valence-corrected chi connectivity index (χ4v) is 3.06. The molecule has 0 spiro atoms. The fourth-order valence-electron chi connectivity index (χ4n) is 3.06. The molecule has 0 aromatic carbocycles. The molecule has 0 saturated heterocycles. The molecule has 1 aliphatic carbocycles. The lowest BCUT2D eigenvalue weighted by molar-refractivity contribution is -0.179. The van der Waals surface area contributed by atoms with Crippen molar-refractivity contribution in [1.29, 1.82) is 0 Å². The van der Waals surface area contributed by atoms with E-state index in [0.29, 0.717) is 19.6 Å². The molecule has 2 atom stereocenters. The van der Waals surface area contributed by atoms with E-state index in [2.05, 4.69) is 4.90 Å². The normalized spacial score (nSPS) is 27.5. The van der Waals surface area contributed by atoms with Gasteiger partial charge in [0.15, 0.2) is 0 Å². The van der Waals surface area contributed by atoms with E-state index in [0.717, 1.165) is 19.5 Å². The molecular formula is C16H33N3O2. The number of likely N-dealkylation sites (N-methyl/N-ethyl adjacent to an activating group) is 1. The summed E-state index contributed by atoms with van der Waals surface area (Å²) < 4.78 is 5.71. The van der Waals surface area contributed by atoms with E-state index >= 15 is 0 Å². The van der Waals surface area contributed by atoms with Gasteiger partial charge >= 0.3 is 0 Å². The Hall–Kier alpha value is -0.650. The van der Waals surface area contributed by atoms with Crippen LogP contribution in [0.2, 0.25) is 0 Å². The van der Waals surface area contributed by atoms with E-state index in [1.165, 1.54) is 0 Å². The van der Waals surface area contributed by atoms with Gasteiger partial charge in [0.25, 0.3) is 0 Å². The zero-order chi connectivity index (χ0) is 16.3. The van der Waals surface area contributed by atoms with Crippen molar-refractivity contribution in [2.45, 2.75) is 52.2 Å². The Morgan fingerprint density at radius 2 is 1.90 bits per heavy atom. The number of amides is 1. The summed E-state index contributed by atoms with van der Waals surface area (Å²) >= 11 is 0. The molecule has 21 heavy (non-hydrogen) atoms. The second kappa shape index (κ2) is 7.07. The van der Waals surface area contributed by atoms with Crippen molar-refractivity contribution in [3.63, 3.8) is 0 Å². The molecule has 0 aromatic rings. The van der Waals surface area contributed by atoms with E-state index in [1.807, 2.05) is 46.7 Å². The molecule has 1 aliphatic rings. The minimum Gasteiger partial charge on any atom is -0.378 e. The maximum atomic E-state index is 12.9. The SMILES string of the molecule is CCOC1CC(N)(C(=O)N(CC)CCCN(C)C)C1(C)C. The van der Waals surface area contributed by atoms with Gasteiger partial charge in [-0.1, -0.05) is 13.8 Å². The van der Waals surface area contributed by atoms with Gasteiger partial charge in [0.1, 0.15) is 5.54 Å². The molecule has 1 saturated carbocycles. The van der Waals surface area contributed by atoms with Gasteiger partial charge in [-0.25, -0.2) is 0 Å². The van der Waals surface area contributed by atoms with E-state index in [1.54, 1.807) is 0 Å². The number of carbonyl (C=O) groups is 1. The Labute approximate surface area is 129 Å². The summed E-state index contributed by atoms with van der Waals surface area (Å²) in [6.07, 6.45) is 1.67. The third kappa shape index (κ3) is 3.58. The smallest absolute Gasteiger partial charge is 0.243 e. The molecule has 1 fully saturated rings. The Morgan fingerprint density at radius 3 is 2.33 bits per heavy atom. The van der Waals surface area contributed by atoms with E-state index in [9.17, 15) is 4.79 Å². The number of ether oxygens (including phenoxy) is 1. The van der Waals surface area contributed by atoms with Crippen LogP contribution in [-0.4, -0.2) is 67.7 Å².